The second kappa shape index (κ2) is 6.69. The molecule has 21 heavy (non-hydrogen) atoms. The molecular weight excluding hydrogens is 272 g/mol. The summed E-state index contributed by atoms with van der Waals surface area (Å²) < 4.78 is 12.2. The number of carbonyl (C=O) groups is 2. The molecule has 0 radical (unpaired) electrons. The molecule has 0 unspecified atom stereocenters. The van der Waals surface area contributed by atoms with E-state index in [-0.39, 0.29) is 13.2 Å². The van der Waals surface area contributed by atoms with E-state index in [1.165, 1.54) is 6.20 Å². The molecule has 0 amide bonds. The van der Waals surface area contributed by atoms with Crippen LogP contribution >= 0.6 is 0 Å². The van der Waals surface area contributed by atoms with E-state index in [1.54, 1.807) is 19.9 Å². The minimum absolute atomic E-state index is 0.216. The number of carbonyl (C=O) groups excluding carboxylic acids is 2. The first-order valence-corrected chi connectivity index (χ1v) is 6.72. The predicted molar refractivity (Wildman–Crippen MR) is 74.9 cm³/mol. The van der Waals surface area contributed by atoms with Crippen molar-refractivity contribution in [2.24, 2.45) is 0 Å². The lowest BCUT2D eigenvalue weighted by molar-refractivity contribution is -0.660. The van der Waals surface area contributed by atoms with Crippen molar-refractivity contribution in [3.63, 3.8) is 0 Å². The van der Waals surface area contributed by atoms with Crippen molar-refractivity contribution in [3.8, 4) is 11.3 Å². The largest absolute Gasteiger partial charge is 0.627 e. The molecule has 0 fully saturated rings. The number of hydrogen-bond donors (Lipinski definition) is 0. The summed E-state index contributed by atoms with van der Waals surface area (Å²) in [6.45, 7) is 3.85. The Morgan fingerprint density at radius 2 is 1.71 bits per heavy atom. The molecule has 0 saturated heterocycles. The van der Waals surface area contributed by atoms with Gasteiger partial charge in [0.15, 0.2) is 0 Å². The Kier molecular flexibility index (Phi) is 4.71. The zero-order chi connectivity index (χ0) is 15.2. The van der Waals surface area contributed by atoms with Crippen LogP contribution in [-0.4, -0.2) is 30.1 Å². The molecule has 1 aromatic carbocycles. The second-order valence-electron chi connectivity index (χ2n) is 4.12. The van der Waals surface area contributed by atoms with E-state index in [0.717, 1.165) is 14.9 Å². The van der Waals surface area contributed by atoms with Crippen molar-refractivity contribution < 1.29 is 23.7 Å². The number of ether oxygens (including phenoxy) is 2. The van der Waals surface area contributed by atoms with Gasteiger partial charge < -0.3 is 9.47 Å². The standard InChI is InChI=1S/C15H17N2O4/c1-3-20-14(18)16-11-10-13(12-8-6-5-7-9-12)17(16)15(19)21-4-2/h5-11H,3-4H2,1-2H3/q+1. The third-order valence-electron chi connectivity index (χ3n) is 2.78. The van der Waals surface area contributed by atoms with Crippen molar-refractivity contribution in [2.45, 2.75) is 13.8 Å². The summed E-state index contributed by atoms with van der Waals surface area (Å²) in [5.41, 5.74) is 1.36. The molecule has 0 aliphatic heterocycles. The first-order chi connectivity index (χ1) is 10.2. The smallest absolute Gasteiger partial charge is 0.446 e. The zero-order valence-corrected chi connectivity index (χ0v) is 12.0. The van der Waals surface area contributed by atoms with Gasteiger partial charge in [0.1, 0.15) is 5.69 Å². The topological polar surface area (TPSA) is 61.4 Å². The van der Waals surface area contributed by atoms with Crippen LogP contribution in [-0.2, 0) is 9.47 Å². The molecule has 1 heterocycles. The highest BCUT2D eigenvalue weighted by Gasteiger charge is 2.30. The van der Waals surface area contributed by atoms with E-state index in [9.17, 15) is 9.59 Å². The van der Waals surface area contributed by atoms with Gasteiger partial charge in [-0.3, -0.25) is 0 Å². The van der Waals surface area contributed by atoms with Crippen LogP contribution in [0.3, 0.4) is 0 Å². The highest BCUT2D eigenvalue weighted by molar-refractivity contribution is 5.77. The molecule has 6 nitrogen and oxygen atoms in total. The van der Waals surface area contributed by atoms with Gasteiger partial charge in [-0.05, 0) is 18.5 Å². The van der Waals surface area contributed by atoms with Gasteiger partial charge in [-0.25, -0.2) is 4.79 Å². The molecule has 110 valence electrons. The van der Waals surface area contributed by atoms with Crippen molar-refractivity contribution in [1.82, 2.24) is 4.68 Å². The minimum atomic E-state index is -0.632. The summed E-state index contributed by atoms with van der Waals surface area (Å²) >= 11 is 0. The van der Waals surface area contributed by atoms with Crippen molar-refractivity contribution in [3.05, 3.63) is 42.6 Å². The molecule has 0 aliphatic carbocycles. The van der Waals surface area contributed by atoms with E-state index >= 15 is 0 Å². The third-order valence-corrected chi connectivity index (χ3v) is 2.78. The highest BCUT2D eigenvalue weighted by atomic mass is 16.6. The molecule has 2 rings (SSSR count). The monoisotopic (exact) mass is 289 g/mol. The fourth-order valence-electron chi connectivity index (χ4n) is 1.93. The first-order valence-electron chi connectivity index (χ1n) is 6.72. The van der Waals surface area contributed by atoms with Crippen LogP contribution in [0.1, 0.15) is 13.8 Å². The predicted octanol–water partition coefficient (Wildman–Crippen LogP) is 2.45. The zero-order valence-electron chi connectivity index (χ0n) is 12.0. The Morgan fingerprint density at radius 3 is 2.33 bits per heavy atom. The van der Waals surface area contributed by atoms with Crippen LogP contribution in [0.2, 0.25) is 0 Å². The average molecular weight is 289 g/mol. The molecule has 0 N–H and O–H groups in total. The van der Waals surface area contributed by atoms with Gasteiger partial charge in [0.05, 0.1) is 13.2 Å². The lowest BCUT2D eigenvalue weighted by Gasteiger charge is -2.05. The summed E-state index contributed by atoms with van der Waals surface area (Å²) in [6, 6.07) is 10.9. The molecule has 2 aromatic rings. The summed E-state index contributed by atoms with van der Waals surface area (Å²) in [6.07, 6.45) is 0.221. The van der Waals surface area contributed by atoms with Crippen LogP contribution in [0.25, 0.3) is 11.3 Å². The van der Waals surface area contributed by atoms with Crippen molar-refractivity contribution >= 4 is 12.2 Å². The number of benzene rings is 1. The van der Waals surface area contributed by atoms with Crippen LogP contribution in [0.5, 0.6) is 0 Å². The second-order valence-corrected chi connectivity index (χ2v) is 4.12. The first kappa shape index (κ1) is 14.8. The Hall–Kier alpha value is -2.63. The summed E-state index contributed by atoms with van der Waals surface area (Å²) in [5.74, 6) is 0. The molecule has 0 aliphatic rings. The van der Waals surface area contributed by atoms with Crippen LogP contribution in [0.15, 0.2) is 42.6 Å². The lowest BCUT2D eigenvalue weighted by Crippen LogP contribution is -2.53. The van der Waals surface area contributed by atoms with E-state index < -0.39 is 12.2 Å². The lowest BCUT2D eigenvalue weighted by atomic mass is 10.1. The van der Waals surface area contributed by atoms with Crippen molar-refractivity contribution in [2.75, 3.05) is 13.2 Å². The van der Waals surface area contributed by atoms with Gasteiger partial charge in [0, 0.05) is 16.3 Å². The van der Waals surface area contributed by atoms with Crippen LogP contribution in [0, 0.1) is 0 Å². The molecule has 0 atom stereocenters. The van der Waals surface area contributed by atoms with E-state index in [1.807, 2.05) is 30.3 Å². The maximum atomic E-state index is 12.1. The van der Waals surface area contributed by atoms with Crippen molar-refractivity contribution in [1.29, 1.82) is 0 Å². The van der Waals surface area contributed by atoms with Gasteiger partial charge in [-0.1, -0.05) is 30.3 Å². The molecule has 1 aromatic heterocycles. The number of nitrogens with zero attached hydrogens (tertiary/aromatic N) is 2. The number of aromatic nitrogens is 2. The molecule has 0 bridgehead atoms. The Bertz CT molecular complexity index is 634. The SMILES string of the molecule is CCOC(=O)n1c(-c2ccccc2)cc[n+]1C(=O)OCC. The van der Waals surface area contributed by atoms with Gasteiger partial charge in [0.2, 0.25) is 6.20 Å². The Morgan fingerprint density at radius 1 is 1.05 bits per heavy atom. The number of rotatable bonds is 3. The fourth-order valence-corrected chi connectivity index (χ4v) is 1.93. The van der Waals surface area contributed by atoms with E-state index in [0.29, 0.717) is 5.69 Å². The summed E-state index contributed by atoms with van der Waals surface area (Å²) in [4.78, 5) is 24.1. The quantitative estimate of drug-likeness (QED) is 0.814. The van der Waals surface area contributed by atoms with Crippen LogP contribution < -0.4 is 4.68 Å². The van der Waals surface area contributed by atoms with Gasteiger partial charge in [-0.2, -0.15) is 4.79 Å². The molecule has 0 saturated carbocycles. The molecule has 6 heteroatoms. The summed E-state index contributed by atoms with van der Waals surface area (Å²) in [5, 5.41) is 0. The Balaban J connectivity index is 2.51. The van der Waals surface area contributed by atoms with Crippen LogP contribution in [0.4, 0.5) is 9.59 Å². The summed E-state index contributed by atoms with van der Waals surface area (Å²) in [7, 11) is 0. The van der Waals surface area contributed by atoms with E-state index in [4.69, 9.17) is 9.47 Å². The van der Waals surface area contributed by atoms with Gasteiger partial charge >= 0.3 is 12.2 Å². The van der Waals surface area contributed by atoms with Gasteiger partial charge in [-0.15, -0.1) is 0 Å². The highest BCUT2D eigenvalue weighted by Crippen LogP contribution is 2.17. The Labute approximate surface area is 122 Å². The number of hydrogen-bond acceptors (Lipinski definition) is 4. The molecule has 0 spiro atoms. The molecular formula is C15H17N2O4+. The third kappa shape index (κ3) is 3.10. The van der Waals surface area contributed by atoms with Gasteiger partial charge in [0.25, 0.3) is 0 Å². The van der Waals surface area contributed by atoms with E-state index in [2.05, 4.69) is 0 Å². The maximum absolute atomic E-state index is 12.1. The minimum Gasteiger partial charge on any atom is -0.446 e. The maximum Gasteiger partial charge on any atom is 0.627 e. The fraction of sp³-hybridized carbons (Fsp3) is 0.267. The normalized spacial score (nSPS) is 10.2. The average Bonchev–Trinajstić information content (AvgIpc) is 2.93.